The van der Waals surface area contributed by atoms with Gasteiger partial charge in [0.05, 0.1) is 12.1 Å². The topological polar surface area (TPSA) is 67.8 Å². The zero-order valence-corrected chi connectivity index (χ0v) is 9.24. The Labute approximate surface area is 101 Å². The van der Waals surface area contributed by atoms with Crippen molar-refractivity contribution in [2.45, 2.75) is 24.9 Å². The second-order valence-corrected chi connectivity index (χ2v) is 3.99. The molecule has 0 saturated carbocycles. The van der Waals surface area contributed by atoms with Gasteiger partial charge in [0.2, 0.25) is 0 Å². The van der Waals surface area contributed by atoms with Crippen LogP contribution >= 0.6 is 0 Å². The number of alkyl halides is 3. The van der Waals surface area contributed by atoms with Gasteiger partial charge in [0.1, 0.15) is 0 Å². The van der Waals surface area contributed by atoms with Crippen molar-refractivity contribution in [1.29, 1.82) is 0 Å². The van der Waals surface area contributed by atoms with Crippen molar-refractivity contribution in [3.63, 3.8) is 0 Å². The van der Waals surface area contributed by atoms with Crippen molar-refractivity contribution in [1.82, 2.24) is 0 Å². The monoisotopic (exact) mass is 260 g/mol. The van der Waals surface area contributed by atoms with E-state index in [1.54, 1.807) is 24.3 Å². The molecule has 0 saturated heterocycles. The highest BCUT2D eigenvalue weighted by atomic mass is 19.4. The largest absolute Gasteiger partial charge is 0.458 e. The van der Waals surface area contributed by atoms with E-state index >= 15 is 0 Å². The standard InChI is InChI=1S/C11H11F3N2O2/c12-11(13,14)10(17)5-9(16-18-10)8-3-1-7(6-15)2-4-8/h1-4,17H,5-6,15H2. The molecule has 0 amide bonds. The fraction of sp³-hybridized carbons (Fsp3) is 0.364. The van der Waals surface area contributed by atoms with Gasteiger partial charge in [0, 0.05) is 6.54 Å². The Morgan fingerprint density at radius 1 is 1.33 bits per heavy atom. The molecule has 1 aromatic carbocycles. The number of benzene rings is 1. The number of rotatable bonds is 2. The lowest BCUT2D eigenvalue weighted by atomic mass is 10.0. The fourth-order valence-electron chi connectivity index (χ4n) is 1.56. The quantitative estimate of drug-likeness (QED) is 0.847. The van der Waals surface area contributed by atoms with Crippen LogP contribution in [0.1, 0.15) is 17.5 Å². The van der Waals surface area contributed by atoms with Crippen molar-refractivity contribution in [3.8, 4) is 0 Å². The lowest BCUT2D eigenvalue weighted by Crippen LogP contribution is -2.45. The zero-order chi connectivity index (χ0) is 13.4. The minimum absolute atomic E-state index is 0.0541. The van der Waals surface area contributed by atoms with Crippen molar-refractivity contribution in [2.75, 3.05) is 0 Å². The van der Waals surface area contributed by atoms with Crippen LogP contribution in [0.3, 0.4) is 0 Å². The summed E-state index contributed by atoms with van der Waals surface area (Å²) in [5, 5.41) is 12.6. The van der Waals surface area contributed by atoms with Crippen LogP contribution in [0.2, 0.25) is 0 Å². The Kier molecular flexibility index (Phi) is 3.04. The van der Waals surface area contributed by atoms with Crippen LogP contribution in [-0.2, 0) is 11.4 Å². The van der Waals surface area contributed by atoms with Crippen LogP contribution in [0.4, 0.5) is 13.2 Å². The zero-order valence-electron chi connectivity index (χ0n) is 9.24. The maximum Gasteiger partial charge on any atom is 0.458 e. The smallest absolute Gasteiger partial charge is 0.350 e. The molecule has 98 valence electrons. The van der Waals surface area contributed by atoms with Gasteiger partial charge in [-0.05, 0) is 11.1 Å². The lowest BCUT2D eigenvalue weighted by Gasteiger charge is -2.22. The first-order valence-corrected chi connectivity index (χ1v) is 5.19. The Hall–Kier alpha value is -1.60. The molecule has 1 unspecified atom stereocenters. The number of hydrogen-bond donors (Lipinski definition) is 2. The summed E-state index contributed by atoms with van der Waals surface area (Å²) >= 11 is 0. The highest BCUT2D eigenvalue weighted by molar-refractivity contribution is 6.01. The van der Waals surface area contributed by atoms with E-state index in [4.69, 9.17) is 5.73 Å². The maximum absolute atomic E-state index is 12.5. The van der Waals surface area contributed by atoms with Crippen LogP contribution < -0.4 is 5.73 Å². The summed E-state index contributed by atoms with van der Waals surface area (Å²) in [6.45, 7) is 0.343. The van der Waals surface area contributed by atoms with Gasteiger partial charge in [0.15, 0.2) is 0 Å². The number of halogens is 3. The van der Waals surface area contributed by atoms with Crippen LogP contribution in [0.15, 0.2) is 29.4 Å². The van der Waals surface area contributed by atoms with Crippen molar-refractivity contribution in [3.05, 3.63) is 35.4 Å². The van der Waals surface area contributed by atoms with Crippen molar-refractivity contribution in [2.24, 2.45) is 10.9 Å². The summed E-state index contributed by atoms with van der Waals surface area (Å²) in [5.41, 5.74) is 6.78. The first kappa shape index (κ1) is 12.8. The molecule has 0 aromatic heterocycles. The van der Waals surface area contributed by atoms with E-state index in [1.165, 1.54) is 0 Å². The molecule has 0 radical (unpaired) electrons. The van der Waals surface area contributed by atoms with Crippen molar-refractivity contribution >= 4 is 5.71 Å². The molecule has 4 nitrogen and oxygen atoms in total. The molecule has 2 rings (SSSR count). The summed E-state index contributed by atoms with van der Waals surface area (Å²) in [7, 11) is 0. The van der Waals surface area contributed by atoms with Crippen molar-refractivity contribution < 1.29 is 23.1 Å². The van der Waals surface area contributed by atoms with Crippen LogP contribution in [0.25, 0.3) is 0 Å². The molecule has 0 bridgehead atoms. The first-order chi connectivity index (χ1) is 8.36. The van der Waals surface area contributed by atoms with E-state index in [1.807, 2.05) is 0 Å². The van der Waals surface area contributed by atoms with Gasteiger partial charge in [-0.3, -0.25) is 0 Å². The molecule has 1 aromatic rings. The predicted molar refractivity (Wildman–Crippen MR) is 57.6 cm³/mol. The minimum atomic E-state index is -4.88. The Bertz CT molecular complexity index is 470. The number of hydrogen-bond acceptors (Lipinski definition) is 4. The normalized spacial score (nSPS) is 23.7. The SMILES string of the molecule is NCc1ccc(C2=NOC(O)(C(F)(F)F)C2)cc1. The van der Waals surface area contributed by atoms with Gasteiger partial charge in [-0.1, -0.05) is 29.4 Å². The summed E-state index contributed by atoms with van der Waals surface area (Å²) in [5.74, 6) is -3.23. The van der Waals surface area contributed by atoms with Gasteiger partial charge in [0.25, 0.3) is 0 Å². The lowest BCUT2D eigenvalue weighted by molar-refractivity contribution is -0.355. The molecule has 1 heterocycles. The van der Waals surface area contributed by atoms with Gasteiger partial charge >= 0.3 is 12.0 Å². The molecule has 0 spiro atoms. The molecule has 18 heavy (non-hydrogen) atoms. The third kappa shape index (κ3) is 2.19. The molecule has 7 heteroatoms. The molecule has 1 aliphatic heterocycles. The molecular weight excluding hydrogens is 249 g/mol. The summed E-state index contributed by atoms with van der Waals surface area (Å²) in [4.78, 5) is 4.12. The van der Waals surface area contributed by atoms with Crippen LogP contribution in [0, 0.1) is 0 Å². The highest BCUT2D eigenvalue weighted by Gasteiger charge is 2.60. The average molecular weight is 260 g/mol. The Morgan fingerprint density at radius 2 is 1.94 bits per heavy atom. The van der Waals surface area contributed by atoms with E-state index < -0.39 is 18.4 Å². The maximum atomic E-state index is 12.5. The van der Waals surface area contributed by atoms with E-state index in [9.17, 15) is 18.3 Å². The van der Waals surface area contributed by atoms with Gasteiger partial charge < -0.3 is 15.7 Å². The molecule has 1 atom stereocenters. The molecular formula is C11H11F3N2O2. The second kappa shape index (κ2) is 4.25. The van der Waals surface area contributed by atoms with E-state index in [2.05, 4.69) is 9.99 Å². The summed E-state index contributed by atoms with van der Waals surface area (Å²) in [6.07, 6.45) is -5.60. The number of nitrogens with two attached hydrogens (primary N) is 1. The van der Waals surface area contributed by atoms with E-state index in [-0.39, 0.29) is 5.71 Å². The third-order valence-electron chi connectivity index (χ3n) is 2.68. The third-order valence-corrected chi connectivity index (χ3v) is 2.68. The molecule has 0 fully saturated rings. The van der Waals surface area contributed by atoms with Crippen LogP contribution in [-0.4, -0.2) is 22.8 Å². The highest BCUT2D eigenvalue weighted by Crippen LogP contribution is 2.38. The van der Waals surface area contributed by atoms with E-state index in [0.29, 0.717) is 12.1 Å². The summed E-state index contributed by atoms with van der Waals surface area (Å²) < 4.78 is 37.5. The van der Waals surface area contributed by atoms with Gasteiger partial charge in [-0.2, -0.15) is 13.2 Å². The summed E-state index contributed by atoms with van der Waals surface area (Å²) in [6, 6.07) is 6.55. The Balaban J connectivity index is 2.17. The molecule has 3 N–H and O–H groups in total. The average Bonchev–Trinajstić information content (AvgIpc) is 2.73. The number of aliphatic hydroxyl groups is 1. The predicted octanol–water partition coefficient (Wildman–Crippen LogP) is 1.52. The minimum Gasteiger partial charge on any atom is -0.350 e. The molecule has 0 aliphatic carbocycles. The van der Waals surface area contributed by atoms with Gasteiger partial charge in [-0.25, -0.2) is 0 Å². The Morgan fingerprint density at radius 3 is 2.39 bits per heavy atom. The molecule has 1 aliphatic rings. The van der Waals surface area contributed by atoms with Crippen LogP contribution in [0.5, 0.6) is 0 Å². The van der Waals surface area contributed by atoms with E-state index in [0.717, 1.165) is 5.56 Å². The number of oxime groups is 1. The fourth-order valence-corrected chi connectivity index (χ4v) is 1.56. The number of nitrogens with zero attached hydrogens (tertiary/aromatic N) is 1. The van der Waals surface area contributed by atoms with Gasteiger partial charge in [-0.15, -0.1) is 0 Å². The first-order valence-electron chi connectivity index (χ1n) is 5.19. The second-order valence-electron chi connectivity index (χ2n) is 3.99.